The van der Waals surface area contributed by atoms with E-state index >= 15 is 0 Å². The van der Waals surface area contributed by atoms with Gasteiger partial charge in [-0.3, -0.25) is 0 Å². The Hall–Kier alpha value is -9.92. The van der Waals surface area contributed by atoms with E-state index in [0.717, 1.165) is 17.8 Å². The van der Waals surface area contributed by atoms with E-state index < -0.39 is 0 Å². The van der Waals surface area contributed by atoms with Crippen molar-refractivity contribution < 1.29 is 0 Å². The van der Waals surface area contributed by atoms with Gasteiger partial charge in [0.1, 0.15) is 0 Å². The zero-order valence-electron chi connectivity index (χ0n) is 50.6. The molecule has 12 aromatic carbocycles. The molecule has 17 aromatic rings. The first-order chi connectivity index (χ1) is 44.7. The van der Waals surface area contributed by atoms with Crippen LogP contribution in [0.25, 0.3) is 86.3 Å². The minimum Gasteiger partial charge on any atom is -0.311 e. The zero-order chi connectivity index (χ0) is 59.7. The molecule has 9 heteroatoms. The van der Waals surface area contributed by atoms with Crippen molar-refractivity contribution in [3.63, 3.8) is 0 Å². The molecule has 0 amide bonds. The van der Waals surface area contributed by atoms with Crippen LogP contribution in [0, 0.1) is 0 Å². The summed E-state index contributed by atoms with van der Waals surface area (Å²) in [6, 6.07) is 91.3. The number of anilines is 9. The lowest BCUT2D eigenvalue weighted by atomic mass is 9.31. The Kier molecular flexibility index (Phi) is 9.38. The van der Waals surface area contributed by atoms with E-state index in [1.807, 2.05) is 23.1 Å². The minimum absolute atomic E-state index is 0.00278. The molecular weight excluding hydrogens is 1140 g/mol. The number of rotatable bonds is 3. The summed E-state index contributed by atoms with van der Waals surface area (Å²) in [6.45, 7) is 9.63. The van der Waals surface area contributed by atoms with E-state index in [9.17, 15) is 0 Å². The van der Waals surface area contributed by atoms with Crippen molar-refractivity contribution in [2.75, 3.05) is 14.7 Å². The fourth-order valence-corrected chi connectivity index (χ4v) is 21.2. The standard InChI is InChI=1S/C82H55B2N5S2/c1-81(2)41-42-82(3,4)55-43-48(39-40-54(55)81)87-63-37-21-16-32-56(63)83-57-44-58-65(45-64(57)85(46-23-7-5-8-24-46)75-67-49-27-11-17-33-59(49)88-60-34-18-12-28-50(60)68(73(67)88)76(87)71(75)83)86(47-25-9-6-10-26-47)77-69-51-29-13-19-35-61(51)89-62-36-20-14-30-52(62)70(74(69)89)79-72(77)84(58)80-78(91-79)53-31-15-22-38-66(53)90-80/h5-40,43-45H,41-42H2,1-4H3. The monoisotopic (exact) mass is 1200 g/mol. The fourth-order valence-electron chi connectivity index (χ4n) is 18.3. The molecule has 1 aliphatic carbocycles. The summed E-state index contributed by atoms with van der Waals surface area (Å²) < 4.78 is 7.97. The number of fused-ring (bicyclic) bond motifs is 27. The van der Waals surface area contributed by atoms with Gasteiger partial charge < -0.3 is 23.5 Å². The summed E-state index contributed by atoms with van der Waals surface area (Å²) in [7, 11) is 0. The van der Waals surface area contributed by atoms with Gasteiger partial charge in [0.25, 0.3) is 13.4 Å². The molecule has 0 atom stereocenters. The molecule has 5 aromatic heterocycles. The van der Waals surface area contributed by atoms with Gasteiger partial charge in [0.05, 0.1) is 50.2 Å². The third-order valence-electron chi connectivity index (χ3n) is 22.2. The molecule has 0 radical (unpaired) electrons. The fraction of sp³-hybridized carbons (Fsp3) is 0.0976. The topological polar surface area (TPSA) is 18.5 Å². The predicted molar refractivity (Wildman–Crippen MR) is 390 cm³/mol. The van der Waals surface area contributed by atoms with Crippen molar-refractivity contribution in [1.82, 2.24) is 8.80 Å². The van der Waals surface area contributed by atoms with Crippen LogP contribution in [0.2, 0.25) is 0 Å². The summed E-state index contributed by atoms with van der Waals surface area (Å²) in [4.78, 5) is 10.9. The van der Waals surface area contributed by atoms with Crippen molar-refractivity contribution in [2.24, 2.45) is 0 Å². The van der Waals surface area contributed by atoms with E-state index in [1.165, 1.54) is 186 Å². The molecule has 0 saturated carbocycles. The van der Waals surface area contributed by atoms with E-state index in [4.69, 9.17) is 0 Å². The zero-order valence-corrected chi connectivity index (χ0v) is 52.3. The van der Waals surface area contributed by atoms with Gasteiger partial charge in [-0.25, -0.2) is 0 Å². The van der Waals surface area contributed by atoms with Gasteiger partial charge in [0, 0.05) is 97.1 Å². The smallest absolute Gasteiger partial charge is 0.262 e. The highest BCUT2D eigenvalue weighted by molar-refractivity contribution is 8.00. The van der Waals surface area contributed by atoms with Gasteiger partial charge in [0.15, 0.2) is 0 Å². The largest absolute Gasteiger partial charge is 0.311 e. The first-order valence-electron chi connectivity index (χ1n) is 32.3. The number of nitrogens with zero attached hydrogens (tertiary/aromatic N) is 5. The highest BCUT2D eigenvalue weighted by atomic mass is 32.2. The Morgan fingerprint density at radius 3 is 1.41 bits per heavy atom. The molecule has 0 bridgehead atoms. The summed E-state index contributed by atoms with van der Waals surface area (Å²) in [5, 5.41) is 11.7. The third kappa shape index (κ3) is 6.05. The van der Waals surface area contributed by atoms with Crippen molar-refractivity contribution in [3.8, 4) is 0 Å². The lowest BCUT2D eigenvalue weighted by Gasteiger charge is -2.47. The molecule has 22 rings (SSSR count). The Morgan fingerprint density at radius 1 is 0.352 bits per heavy atom. The SMILES string of the molecule is CC1(C)CCC(C)(C)c2cc(N3c4ccccc4B4c5cc6c(cc5N(c5ccccc5)c5c4c3c3c4ccccc4n4c7ccccc7c5c34)N(c3ccccc3)c3c4c(c5c7ccccc7n7c8ccccc8c3c57)Sc3c(sc5ccccc35)B64)ccc21. The van der Waals surface area contributed by atoms with Crippen LogP contribution in [0.3, 0.4) is 0 Å². The molecule has 0 saturated heterocycles. The molecule has 0 unspecified atom stereocenters. The van der Waals surface area contributed by atoms with Gasteiger partial charge >= 0.3 is 0 Å². The molecule has 5 nitrogen and oxygen atoms in total. The quantitative estimate of drug-likeness (QED) is 0.164. The van der Waals surface area contributed by atoms with Gasteiger partial charge in [0.2, 0.25) is 0 Å². The number of hydrogen-bond acceptors (Lipinski definition) is 5. The van der Waals surface area contributed by atoms with Crippen LogP contribution in [-0.4, -0.2) is 22.2 Å². The predicted octanol–water partition coefficient (Wildman–Crippen LogP) is 18.4. The lowest BCUT2D eigenvalue weighted by Crippen LogP contribution is -2.64. The van der Waals surface area contributed by atoms with Gasteiger partial charge in [-0.1, -0.05) is 197 Å². The number of benzene rings is 12. The lowest BCUT2D eigenvalue weighted by molar-refractivity contribution is 0.332. The summed E-state index contributed by atoms with van der Waals surface area (Å²) in [5.74, 6) is 0. The van der Waals surface area contributed by atoms with E-state index in [2.05, 4.69) is 288 Å². The second-order valence-corrected chi connectivity index (χ2v) is 29.7. The highest BCUT2D eigenvalue weighted by Crippen LogP contribution is 2.59. The van der Waals surface area contributed by atoms with Gasteiger partial charge in [-0.05, 0) is 146 Å². The van der Waals surface area contributed by atoms with Crippen LogP contribution in [0.1, 0.15) is 51.7 Å². The number of aromatic nitrogens is 2. The van der Waals surface area contributed by atoms with Crippen molar-refractivity contribution in [3.05, 3.63) is 248 Å². The summed E-state index contributed by atoms with van der Waals surface area (Å²) >= 11 is 4.03. The number of para-hydroxylation sites is 7. The van der Waals surface area contributed by atoms with Crippen molar-refractivity contribution >= 4 is 206 Å². The molecule has 5 aliphatic rings. The molecule has 0 spiro atoms. The normalized spacial score (nSPS) is 15.8. The van der Waals surface area contributed by atoms with Gasteiger partial charge in [-0.2, -0.15) is 0 Å². The number of thiophene rings is 1. The maximum absolute atomic E-state index is 2.74. The Labute approximate surface area is 534 Å². The first kappa shape index (κ1) is 49.9. The Morgan fingerprint density at radius 2 is 0.813 bits per heavy atom. The summed E-state index contributed by atoms with van der Waals surface area (Å²) in [5.41, 5.74) is 28.2. The van der Waals surface area contributed by atoms with Crippen molar-refractivity contribution in [1.29, 1.82) is 0 Å². The second-order valence-electron chi connectivity index (χ2n) is 27.6. The minimum atomic E-state index is -0.155. The molecular formula is C82H55B2N5S2. The van der Waals surface area contributed by atoms with E-state index in [1.54, 1.807) is 0 Å². The van der Waals surface area contributed by atoms with Crippen LogP contribution in [-0.2, 0) is 10.8 Å². The average Bonchev–Trinajstić information content (AvgIpc) is 1.61. The summed E-state index contributed by atoms with van der Waals surface area (Å²) in [6.07, 6.45) is 2.31. The Bertz CT molecular complexity index is 6120. The van der Waals surface area contributed by atoms with Crippen LogP contribution >= 0.6 is 23.1 Å². The van der Waals surface area contributed by atoms with Crippen LogP contribution in [0.5, 0.6) is 0 Å². The second kappa shape index (κ2) is 17.1. The highest BCUT2D eigenvalue weighted by Gasteiger charge is 2.51. The number of hydrogen-bond donors (Lipinski definition) is 0. The van der Waals surface area contributed by atoms with Crippen LogP contribution < -0.4 is 46.8 Å². The molecule has 4 aliphatic heterocycles. The Balaban J connectivity index is 0.939. The maximum Gasteiger partial charge on any atom is 0.262 e. The van der Waals surface area contributed by atoms with Crippen molar-refractivity contribution in [2.45, 2.75) is 61.2 Å². The van der Waals surface area contributed by atoms with E-state index in [0.29, 0.717) is 0 Å². The van der Waals surface area contributed by atoms with Crippen LogP contribution in [0.4, 0.5) is 51.2 Å². The average molecular weight is 1200 g/mol. The van der Waals surface area contributed by atoms with Crippen LogP contribution in [0.15, 0.2) is 246 Å². The maximum atomic E-state index is 2.74. The van der Waals surface area contributed by atoms with E-state index in [-0.39, 0.29) is 24.3 Å². The molecule has 0 N–H and O–H groups in total. The first-order valence-corrected chi connectivity index (χ1v) is 33.9. The van der Waals surface area contributed by atoms with Gasteiger partial charge in [-0.15, -0.1) is 11.3 Å². The third-order valence-corrected chi connectivity index (χ3v) is 24.8. The molecule has 0 fully saturated rings. The molecule has 91 heavy (non-hydrogen) atoms. The molecule has 9 heterocycles. The molecule has 426 valence electrons.